The van der Waals surface area contributed by atoms with Crippen molar-refractivity contribution in [3.05, 3.63) is 26.4 Å². The van der Waals surface area contributed by atoms with E-state index in [1.54, 1.807) is 7.05 Å². The van der Waals surface area contributed by atoms with Crippen LogP contribution in [0.25, 0.3) is 0 Å². The third kappa shape index (κ3) is 4.49. The molecule has 1 saturated heterocycles. The van der Waals surface area contributed by atoms with Crippen LogP contribution in [-0.4, -0.2) is 77.1 Å². The van der Waals surface area contributed by atoms with Crippen LogP contribution in [0.1, 0.15) is 11.8 Å². The molecule has 13 heteroatoms. The summed E-state index contributed by atoms with van der Waals surface area (Å²) in [7, 11) is -3.07. The first-order valence-corrected chi connectivity index (χ1v) is 9.23. The Morgan fingerprint density at radius 2 is 2.12 bits per heavy atom. The zero-order chi connectivity index (χ0) is 18.1. The molecule has 1 fully saturated rings. The predicted octanol–water partition coefficient (Wildman–Crippen LogP) is -2.68. The Hall–Kier alpha value is -0.651. The molecular weight excluding hydrogens is 412 g/mol. The third-order valence-corrected chi connectivity index (χ3v) is 4.57. The Kier molecular flexibility index (Phi) is 6.32. The van der Waals surface area contributed by atoms with E-state index in [1.165, 1.54) is 10.8 Å². The van der Waals surface area contributed by atoms with E-state index in [-0.39, 0.29) is 16.4 Å². The summed E-state index contributed by atoms with van der Waals surface area (Å²) in [5.74, 6) is 0. The van der Waals surface area contributed by atoms with Crippen molar-refractivity contribution in [3.63, 3.8) is 0 Å². The Balaban J connectivity index is 2.26. The summed E-state index contributed by atoms with van der Waals surface area (Å²) in [5, 5.41) is 23.0. The van der Waals surface area contributed by atoms with Crippen LogP contribution >= 0.6 is 7.82 Å². The van der Waals surface area contributed by atoms with E-state index >= 15 is 0 Å². The fourth-order valence-corrected chi connectivity index (χ4v) is 3.16. The maximum absolute atomic E-state index is 11.8. The molecule has 11 nitrogen and oxygen atoms in total. The summed E-state index contributed by atoms with van der Waals surface area (Å²) >= 11 is 2.62. The van der Waals surface area contributed by atoms with Gasteiger partial charge in [-0.15, -0.1) is 0 Å². The molecule has 0 bridgehead atoms. The summed E-state index contributed by atoms with van der Waals surface area (Å²) in [6.07, 6.45) is -3.58. The second-order valence-electron chi connectivity index (χ2n) is 5.18. The fraction of sp³-hybridized carbons (Fsp3) is 0.636. The molecule has 1 aromatic heterocycles. The SMILES string of the molecule is CNCc1cn([C@@H]2O[C@H](COP(=O)(O)O)[C@@H](O)[C@H]2O)c(=[Se])[nH]c1=O. The zero-order valence-electron chi connectivity index (χ0n) is 12.5. The van der Waals surface area contributed by atoms with Gasteiger partial charge >= 0.3 is 143 Å². The predicted molar refractivity (Wildman–Crippen MR) is 80.7 cm³/mol. The second-order valence-corrected chi connectivity index (χ2v) is 7.23. The van der Waals surface area contributed by atoms with Crippen molar-refractivity contribution in [2.45, 2.75) is 31.1 Å². The second kappa shape index (κ2) is 7.71. The molecule has 0 unspecified atom stereocenters. The standard InChI is InChI=1S/C11H18N3O8PSe/c1-12-2-5-3-14(11(24)13-9(5)17)10-8(16)7(15)6(22-10)4-21-23(18,19)20/h3,6-8,10,12,15-16H,2,4H2,1H3,(H,13,17,24)(H2,18,19,20)/t6-,7-,8-,10-/m1/s1. The average molecular weight is 430 g/mol. The Morgan fingerprint density at radius 3 is 2.71 bits per heavy atom. The van der Waals surface area contributed by atoms with E-state index in [0.29, 0.717) is 5.56 Å². The van der Waals surface area contributed by atoms with Gasteiger partial charge in [0.15, 0.2) is 0 Å². The van der Waals surface area contributed by atoms with E-state index < -0.39 is 39.0 Å². The molecule has 0 amide bonds. The minimum atomic E-state index is -4.73. The maximum atomic E-state index is 11.8. The topological polar surface area (TPSA) is 166 Å². The van der Waals surface area contributed by atoms with Crippen LogP contribution < -0.4 is 10.9 Å². The summed E-state index contributed by atoms with van der Waals surface area (Å²) in [5.41, 5.74) is 0.0421. The third-order valence-electron chi connectivity index (χ3n) is 3.43. The van der Waals surface area contributed by atoms with Crippen LogP contribution in [0.15, 0.2) is 11.0 Å². The number of aliphatic hydroxyl groups excluding tert-OH is 2. The van der Waals surface area contributed by atoms with Crippen molar-refractivity contribution in [3.8, 4) is 0 Å². The number of aliphatic hydroxyl groups is 2. The van der Waals surface area contributed by atoms with E-state index in [0.717, 1.165) is 0 Å². The van der Waals surface area contributed by atoms with Crippen molar-refractivity contribution in [1.29, 1.82) is 0 Å². The number of rotatable bonds is 6. The molecule has 0 radical (unpaired) electrons. The van der Waals surface area contributed by atoms with Crippen molar-refractivity contribution in [1.82, 2.24) is 14.9 Å². The molecule has 1 aliphatic rings. The molecule has 1 aliphatic heterocycles. The number of phosphoric ester groups is 1. The molecule has 4 atom stereocenters. The molecule has 2 heterocycles. The van der Waals surface area contributed by atoms with Gasteiger partial charge < -0.3 is 0 Å². The Bertz CT molecular complexity index is 746. The van der Waals surface area contributed by atoms with Crippen LogP contribution in [0.3, 0.4) is 0 Å². The normalized spacial score (nSPS) is 27.5. The number of hydrogen-bond acceptors (Lipinski definition) is 7. The van der Waals surface area contributed by atoms with Gasteiger partial charge in [-0.25, -0.2) is 0 Å². The number of aromatic amines is 1. The Morgan fingerprint density at radius 1 is 1.46 bits per heavy atom. The first-order chi connectivity index (χ1) is 11.1. The minimum absolute atomic E-state index is 0.257. The molecular formula is C11H18N3O8PSe. The van der Waals surface area contributed by atoms with E-state index in [9.17, 15) is 19.6 Å². The zero-order valence-corrected chi connectivity index (χ0v) is 15.1. The van der Waals surface area contributed by atoms with Gasteiger partial charge in [-0.1, -0.05) is 0 Å². The van der Waals surface area contributed by atoms with Gasteiger partial charge in [0.05, 0.1) is 0 Å². The number of nitrogens with one attached hydrogen (secondary N) is 2. The molecule has 0 spiro atoms. The summed E-state index contributed by atoms with van der Waals surface area (Å²) in [4.78, 5) is 31.8. The van der Waals surface area contributed by atoms with Crippen molar-refractivity contribution in [2.24, 2.45) is 0 Å². The van der Waals surface area contributed by atoms with Gasteiger partial charge in [-0.3, -0.25) is 0 Å². The van der Waals surface area contributed by atoms with Crippen molar-refractivity contribution in [2.75, 3.05) is 13.7 Å². The van der Waals surface area contributed by atoms with Crippen LogP contribution in [0.4, 0.5) is 0 Å². The van der Waals surface area contributed by atoms with Gasteiger partial charge in [0.25, 0.3) is 0 Å². The number of H-pyrrole nitrogens is 1. The van der Waals surface area contributed by atoms with Gasteiger partial charge in [0.2, 0.25) is 0 Å². The number of hydrogen-bond donors (Lipinski definition) is 6. The Labute approximate surface area is 143 Å². The summed E-state index contributed by atoms with van der Waals surface area (Å²) in [6.45, 7) is -0.333. The molecule has 1 aromatic rings. The van der Waals surface area contributed by atoms with E-state index in [1.807, 2.05) is 0 Å². The van der Waals surface area contributed by atoms with Crippen LogP contribution in [0, 0.1) is 4.32 Å². The number of ether oxygens (including phenoxy) is 1. The van der Waals surface area contributed by atoms with Crippen LogP contribution in [-0.2, 0) is 20.4 Å². The number of aromatic nitrogens is 2. The monoisotopic (exact) mass is 431 g/mol. The first-order valence-electron chi connectivity index (χ1n) is 6.84. The molecule has 0 aromatic carbocycles. The average Bonchev–Trinajstić information content (AvgIpc) is 2.75. The molecule has 6 N–H and O–H groups in total. The van der Waals surface area contributed by atoms with E-state index in [4.69, 9.17) is 14.5 Å². The summed E-state index contributed by atoms with van der Waals surface area (Å²) < 4.78 is 22.2. The molecule has 0 saturated carbocycles. The van der Waals surface area contributed by atoms with Gasteiger partial charge in [0.1, 0.15) is 0 Å². The van der Waals surface area contributed by atoms with Crippen molar-refractivity contribution < 1.29 is 33.8 Å². The van der Waals surface area contributed by atoms with Gasteiger partial charge in [-0.2, -0.15) is 0 Å². The van der Waals surface area contributed by atoms with Gasteiger partial charge in [-0.05, 0) is 0 Å². The van der Waals surface area contributed by atoms with Crippen LogP contribution in [0.2, 0.25) is 0 Å². The van der Waals surface area contributed by atoms with Crippen molar-refractivity contribution >= 4 is 23.4 Å². The number of nitrogens with zero attached hydrogens (tertiary/aromatic N) is 1. The molecule has 136 valence electrons. The van der Waals surface area contributed by atoms with E-state index in [2.05, 4.69) is 30.4 Å². The molecule has 24 heavy (non-hydrogen) atoms. The molecule has 2 rings (SSSR count). The van der Waals surface area contributed by atoms with Crippen LogP contribution in [0.5, 0.6) is 0 Å². The quantitative estimate of drug-likeness (QED) is 0.208. The first kappa shape index (κ1) is 19.7. The fourth-order valence-electron chi connectivity index (χ4n) is 2.30. The molecule has 0 aliphatic carbocycles. The number of phosphoric acid groups is 1. The van der Waals surface area contributed by atoms with Gasteiger partial charge in [0, 0.05) is 0 Å². The summed E-state index contributed by atoms with van der Waals surface area (Å²) in [6, 6.07) is 0.